The number of nitrogens with zero attached hydrogens (tertiary/aromatic N) is 1. The summed E-state index contributed by atoms with van der Waals surface area (Å²) < 4.78 is 0. The van der Waals surface area contributed by atoms with Crippen molar-refractivity contribution >= 4 is 0 Å². The fourth-order valence-electron chi connectivity index (χ4n) is 1.96. The van der Waals surface area contributed by atoms with Gasteiger partial charge in [-0.25, -0.2) is 0 Å². The summed E-state index contributed by atoms with van der Waals surface area (Å²) in [5, 5.41) is 3.46. The summed E-state index contributed by atoms with van der Waals surface area (Å²) in [4.78, 5) is 4.11. The van der Waals surface area contributed by atoms with Crippen LogP contribution in [0.25, 0.3) is 0 Å². The number of pyridine rings is 1. The average molecular weight is 226 g/mol. The van der Waals surface area contributed by atoms with Crippen molar-refractivity contribution in [1.82, 2.24) is 10.3 Å². The van der Waals surface area contributed by atoms with Gasteiger partial charge in [0, 0.05) is 25.5 Å². The van der Waals surface area contributed by atoms with Crippen LogP contribution in [-0.4, -0.2) is 4.98 Å². The molecule has 88 valence electrons. The fraction of sp³-hybridized carbons (Fsp3) is 0.267. The molecule has 0 radical (unpaired) electrons. The summed E-state index contributed by atoms with van der Waals surface area (Å²) in [7, 11) is 0. The highest BCUT2D eigenvalue weighted by Crippen LogP contribution is 2.12. The molecule has 1 heterocycles. The molecule has 0 fully saturated rings. The Morgan fingerprint density at radius 1 is 1.00 bits per heavy atom. The topological polar surface area (TPSA) is 24.9 Å². The summed E-state index contributed by atoms with van der Waals surface area (Å²) in [6.45, 7) is 6.09. The van der Waals surface area contributed by atoms with Gasteiger partial charge in [0.2, 0.25) is 0 Å². The Kier molecular flexibility index (Phi) is 3.89. The maximum absolute atomic E-state index is 4.11. The minimum atomic E-state index is 0.863. The maximum atomic E-state index is 4.11. The maximum Gasteiger partial charge on any atom is 0.0312 e. The smallest absolute Gasteiger partial charge is 0.0312 e. The molecule has 1 aromatic heterocycles. The van der Waals surface area contributed by atoms with Crippen LogP contribution in [0, 0.1) is 13.8 Å². The third-order valence-electron chi connectivity index (χ3n) is 3.00. The molecule has 0 saturated carbocycles. The second kappa shape index (κ2) is 5.60. The molecule has 0 amide bonds. The molecule has 0 atom stereocenters. The second-order valence-electron chi connectivity index (χ2n) is 4.34. The van der Waals surface area contributed by atoms with E-state index in [1.54, 1.807) is 6.20 Å². The SMILES string of the molecule is Cc1cccc(C)c1CNCc1cccnc1. The van der Waals surface area contributed by atoms with Crippen molar-refractivity contribution in [3.63, 3.8) is 0 Å². The Balaban J connectivity index is 1.95. The lowest BCUT2D eigenvalue weighted by atomic mass is 10.0. The molecule has 0 aliphatic carbocycles. The number of benzene rings is 1. The first kappa shape index (κ1) is 11.8. The molecule has 0 spiro atoms. The highest BCUT2D eigenvalue weighted by molar-refractivity contribution is 5.33. The van der Waals surface area contributed by atoms with Gasteiger partial charge in [0.15, 0.2) is 0 Å². The number of hydrogen-bond donors (Lipinski definition) is 1. The van der Waals surface area contributed by atoms with Crippen LogP contribution in [0.2, 0.25) is 0 Å². The quantitative estimate of drug-likeness (QED) is 0.867. The van der Waals surface area contributed by atoms with Gasteiger partial charge in [-0.05, 0) is 42.2 Å². The van der Waals surface area contributed by atoms with Crippen molar-refractivity contribution in [3.8, 4) is 0 Å². The van der Waals surface area contributed by atoms with Gasteiger partial charge in [0.1, 0.15) is 0 Å². The summed E-state index contributed by atoms with van der Waals surface area (Å²) in [5.74, 6) is 0. The number of aryl methyl sites for hydroxylation is 2. The van der Waals surface area contributed by atoms with E-state index >= 15 is 0 Å². The molecule has 17 heavy (non-hydrogen) atoms. The zero-order chi connectivity index (χ0) is 12.1. The molecular formula is C15H18N2. The van der Waals surface area contributed by atoms with Crippen molar-refractivity contribution < 1.29 is 0 Å². The molecular weight excluding hydrogens is 208 g/mol. The molecule has 1 N–H and O–H groups in total. The lowest BCUT2D eigenvalue weighted by Crippen LogP contribution is -2.14. The Morgan fingerprint density at radius 3 is 2.41 bits per heavy atom. The average Bonchev–Trinajstić information content (AvgIpc) is 2.34. The predicted molar refractivity (Wildman–Crippen MR) is 70.7 cm³/mol. The van der Waals surface area contributed by atoms with Gasteiger partial charge in [-0.15, -0.1) is 0 Å². The largest absolute Gasteiger partial charge is 0.309 e. The molecule has 2 rings (SSSR count). The normalized spacial score (nSPS) is 10.5. The molecule has 0 aliphatic rings. The number of aromatic nitrogens is 1. The van der Waals surface area contributed by atoms with Crippen LogP contribution in [-0.2, 0) is 13.1 Å². The van der Waals surface area contributed by atoms with E-state index < -0.39 is 0 Å². The highest BCUT2D eigenvalue weighted by atomic mass is 14.9. The van der Waals surface area contributed by atoms with E-state index in [1.807, 2.05) is 12.3 Å². The standard InChI is InChI=1S/C15H18N2/c1-12-5-3-6-13(2)15(12)11-17-10-14-7-4-8-16-9-14/h3-9,17H,10-11H2,1-2H3. The molecule has 1 aromatic carbocycles. The summed E-state index contributed by atoms with van der Waals surface area (Å²) in [6, 6.07) is 10.5. The molecule has 2 nitrogen and oxygen atoms in total. The minimum absolute atomic E-state index is 0.863. The first-order chi connectivity index (χ1) is 8.27. The van der Waals surface area contributed by atoms with Crippen molar-refractivity contribution in [2.24, 2.45) is 0 Å². The summed E-state index contributed by atoms with van der Waals surface area (Å²) >= 11 is 0. The summed E-state index contributed by atoms with van der Waals surface area (Å²) in [5.41, 5.74) is 5.32. The van der Waals surface area contributed by atoms with Crippen molar-refractivity contribution in [2.75, 3.05) is 0 Å². The molecule has 2 heteroatoms. The summed E-state index contributed by atoms with van der Waals surface area (Å²) in [6.07, 6.45) is 3.70. The molecule has 0 aliphatic heterocycles. The second-order valence-corrected chi connectivity index (χ2v) is 4.34. The van der Waals surface area contributed by atoms with Crippen LogP contribution in [0.4, 0.5) is 0 Å². The van der Waals surface area contributed by atoms with Crippen LogP contribution >= 0.6 is 0 Å². The third-order valence-corrected chi connectivity index (χ3v) is 3.00. The van der Waals surface area contributed by atoms with E-state index in [4.69, 9.17) is 0 Å². The van der Waals surface area contributed by atoms with E-state index in [-0.39, 0.29) is 0 Å². The van der Waals surface area contributed by atoms with Gasteiger partial charge in [-0.2, -0.15) is 0 Å². The van der Waals surface area contributed by atoms with E-state index in [0.717, 1.165) is 13.1 Å². The Morgan fingerprint density at radius 2 is 1.76 bits per heavy atom. The van der Waals surface area contributed by atoms with Gasteiger partial charge in [-0.1, -0.05) is 24.3 Å². The van der Waals surface area contributed by atoms with Gasteiger partial charge in [0.25, 0.3) is 0 Å². The van der Waals surface area contributed by atoms with Gasteiger partial charge < -0.3 is 5.32 Å². The molecule has 2 aromatic rings. The molecule has 0 bridgehead atoms. The third kappa shape index (κ3) is 3.14. The van der Waals surface area contributed by atoms with Crippen molar-refractivity contribution in [2.45, 2.75) is 26.9 Å². The highest BCUT2D eigenvalue weighted by Gasteiger charge is 2.01. The van der Waals surface area contributed by atoms with Crippen LogP contribution < -0.4 is 5.32 Å². The van der Waals surface area contributed by atoms with Crippen molar-refractivity contribution in [3.05, 3.63) is 65.0 Å². The van der Waals surface area contributed by atoms with Crippen LogP contribution in [0.15, 0.2) is 42.7 Å². The van der Waals surface area contributed by atoms with Gasteiger partial charge in [-0.3, -0.25) is 4.98 Å². The van der Waals surface area contributed by atoms with E-state index in [2.05, 4.69) is 48.4 Å². The minimum Gasteiger partial charge on any atom is -0.309 e. The van der Waals surface area contributed by atoms with Crippen molar-refractivity contribution in [1.29, 1.82) is 0 Å². The predicted octanol–water partition coefficient (Wildman–Crippen LogP) is 2.99. The Labute approximate surface area is 103 Å². The van der Waals surface area contributed by atoms with Gasteiger partial charge >= 0.3 is 0 Å². The molecule has 0 saturated heterocycles. The van der Waals surface area contributed by atoms with Crippen LogP contribution in [0.1, 0.15) is 22.3 Å². The lowest BCUT2D eigenvalue weighted by Gasteiger charge is -2.10. The van der Waals surface area contributed by atoms with E-state index in [9.17, 15) is 0 Å². The number of rotatable bonds is 4. The van der Waals surface area contributed by atoms with E-state index in [0.29, 0.717) is 0 Å². The zero-order valence-electron chi connectivity index (χ0n) is 10.4. The fourth-order valence-corrected chi connectivity index (χ4v) is 1.96. The molecule has 0 unspecified atom stereocenters. The zero-order valence-corrected chi connectivity index (χ0v) is 10.4. The first-order valence-electron chi connectivity index (χ1n) is 5.92. The number of hydrogen-bond acceptors (Lipinski definition) is 2. The Hall–Kier alpha value is -1.67. The number of nitrogens with one attached hydrogen (secondary N) is 1. The lowest BCUT2D eigenvalue weighted by molar-refractivity contribution is 0.686. The first-order valence-corrected chi connectivity index (χ1v) is 5.92. The monoisotopic (exact) mass is 226 g/mol. The van der Waals surface area contributed by atoms with E-state index in [1.165, 1.54) is 22.3 Å². The van der Waals surface area contributed by atoms with Gasteiger partial charge in [0.05, 0.1) is 0 Å². The van der Waals surface area contributed by atoms with Crippen LogP contribution in [0.3, 0.4) is 0 Å². The van der Waals surface area contributed by atoms with Crippen LogP contribution in [0.5, 0.6) is 0 Å². The Bertz CT molecular complexity index is 457.